The minimum Gasteiger partial charge on any atom is -0.509 e. The zero-order valence-electron chi connectivity index (χ0n) is 31.0. The summed E-state index contributed by atoms with van der Waals surface area (Å²) in [6.07, 6.45) is 9.11. The van der Waals surface area contributed by atoms with Crippen molar-refractivity contribution in [3.8, 4) is 56.6 Å². The number of fused-ring (bicyclic) bond motifs is 3. The van der Waals surface area contributed by atoms with Gasteiger partial charge in [0.1, 0.15) is 11.5 Å². The van der Waals surface area contributed by atoms with E-state index in [1.54, 1.807) is 0 Å². The Morgan fingerprint density at radius 3 is 2.09 bits per heavy atom. The molecule has 0 radical (unpaired) electrons. The molecular formula is C47H36N6OPt. The SMILES string of the molecule is Cc1ccnc(-n2c3[c-]c(Oc4[c-]c(-n5nc(-c6ccncc6)c(-c6c(C)cc(C)c(C)c6C)c5-c5ccncc5)ccc4)ccc3c3ccccc32)c1.[Pt+2]. The van der Waals surface area contributed by atoms with Gasteiger partial charge in [0.25, 0.3) is 0 Å². The van der Waals surface area contributed by atoms with Crippen LogP contribution in [0.25, 0.3) is 67.0 Å². The number of para-hydroxylation sites is 1. The summed E-state index contributed by atoms with van der Waals surface area (Å²) in [7, 11) is 0. The summed E-state index contributed by atoms with van der Waals surface area (Å²) in [5.41, 5.74) is 14.7. The van der Waals surface area contributed by atoms with Gasteiger partial charge in [-0.1, -0.05) is 29.8 Å². The van der Waals surface area contributed by atoms with Crippen LogP contribution in [0.1, 0.15) is 27.8 Å². The second-order valence-electron chi connectivity index (χ2n) is 13.7. The smallest absolute Gasteiger partial charge is 0.509 e. The number of ether oxygens (including phenoxy) is 1. The van der Waals surface area contributed by atoms with Gasteiger partial charge in [-0.25, -0.2) is 4.98 Å². The molecule has 0 aliphatic rings. The van der Waals surface area contributed by atoms with Crippen LogP contribution < -0.4 is 4.74 Å². The van der Waals surface area contributed by atoms with E-state index in [2.05, 4.69) is 104 Å². The van der Waals surface area contributed by atoms with Crippen LogP contribution in [0.15, 0.2) is 128 Å². The van der Waals surface area contributed by atoms with Gasteiger partial charge >= 0.3 is 21.1 Å². The molecule has 0 spiro atoms. The molecule has 9 rings (SSSR count). The van der Waals surface area contributed by atoms with Gasteiger partial charge in [0.05, 0.1) is 5.69 Å². The number of hydrogen-bond donors (Lipinski definition) is 0. The molecule has 0 atom stereocenters. The Morgan fingerprint density at radius 2 is 1.33 bits per heavy atom. The number of benzene rings is 4. The number of hydrogen-bond acceptors (Lipinski definition) is 5. The fourth-order valence-electron chi connectivity index (χ4n) is 7.54. The second-order valence-corrected chi connectivity index (χ2v) is 13.7. The number of nitrogens with zero attached hydrogens (tertiary/aromatic N) is 6. The van der Waals surface area contributed by atoms with Crippen molar-refractivity contribution in [2.45, 2.75) is 34.6 Å². The van der Waals surface area contributed by atoms with E-state index < -0.39 is 0 Å². The first-order chi connectivity index (χ1) is 26.4. The van der Waals surface area contributed by atoms with E-state index in [9.17, 15) is 0 Å². The number of aromatic nitrogens is 6. The van der Waals surface area contributed by atoms with Crippen molar-refractivity contribution in [3.05, 3.63) is 168 Å². The Labute approximate surface area is 334 Å². The zero-order valence-corrected chi connectivity index (χ0v) is 33.3. The van der Waals surface area contributed by atoms with Gasteiger partial charge in [-0.2, -0.15) is 17.2 Å². The fourth-order valence-corrected chi connectivity index (χ4v) is 7.54. The van der Waals surface area contributed by atoms with Crippen molar-refractivity contribution in [3.63, 3.8) is 0 Å². The van der Waals surface area contributed by atoms with E-state index in [-0.39, 0.29) is 21.1 Å². The van der Waals surface area contributed by atoms with Crippen molar-refractivity contribution in [2.24, 2.45) is 0 Å². The molecule has 55 heavy (non-hydrogen) atoms. The van der Waals surface area contributed by atoms with Crippen LogP contribution >= 0.6 is 0 Å². The van der Waals surface area contributed by atoms with E-state index in [4.69, 9.17) is 14.8 Å². The summed E-state index contributed by atoms with van der Waals surface area (Å²) in [6.45, 7) is 10.8. The van der Waals surface area contributed by atoms with Crippen LogP contribution in [0, 0.1) is 46.8 Å². The van der Waals surface area contributed by atoms with Crippen molar-refractivity contribution >= 4 is 21.8 Å². The standard InChI is InChI=1S/C47H36N6O.Pt/c1-29-15-24-50-43(25-29)52-41-12-7-6-11-39(41)40-14-13-38(28-42(40)52)54-37-10-8-9-36(27-37)53-47(35-18-22-49-23-19-35)45(46(51-53)34-16-20-48-21-17-34)44-31(3)26-30(2)32(4)33(44)5;/h6-26H,1-5H3;/q-2;+2. The molecule has 0 unspecified atom stereocenters. The Hall–Kier alpha value is -6.17. The molecule has 0 aliphatic carbocycles. The van der Waals surface area contributed by atoms with Gasteiger partial charge in [0.2, 0.25) is 0 Å². The predicted octanol–water partition coefficient (Wildman–Crippen LogP) is 11.1. The second kappa shape index (κ2) is 14.6. The largest absolute Gasteiger partial charge is 2.00 e. The summed E-state index contributed by atoms with van der Waals surface area (Å²) in [5.74, 6) is 1.95. The van der Waals surface area contributed by atoms with Gasteiger partial charge in [-0.05, 0) is 122 Å². The first-order valence-electron chi connectivity index (χ1n) is 18.0. The zero-order chi connectivity index (χ0) is 36.9. The maximum atomic E-state index is 6.57. The summed E-state index contributed by atoms with van der Waals surface area (Å²) >= 11 is 0. The molecule has 7 nitrogen and oxygen atoms in total. The van der Waals surface area contributed by atoms with Crippen LogP contribution in [0.3, 0.4) is 0 Å². The van der Waals surface area contributed by atoms with E-state index in [1.165, 1.54) is 22.3 Å². The molecule has 8 heteroatoms. The minimum atomic E-state index is 0. The third kappa shape index (κ3) is 6.34. The third-order valence-corrected chi connectivity index (χ3v) is 10.3. The van der Waals surface area contributed by atoms with Gasteiger partial charge < -0.3 is 9.30 Å². The van der Waals surface area contributed by atoms with Gasteiger partial charge in [0, 0.05) is 64.7 Å². The van der Waals surface area contributed by atoms with Gasteiger partial charge in [0.15, 0.2) is 0 Å². The molecule has 0 bridgehead atoms. The molecule has 270 valence electrons. The van der Waals surface area contributed by atoms with Crippen LogP contribution in [0.4, 0.5) is 0 Å². The number of aryl methyl sites for hydroxylation is 3. The summed E-state index contributed by atoms with van der Waals surface area (Å²) in [6, 6.07) is 39.9. The molecule has 9 aromatic rings. The van der Waals surface area contributed by atoms with Crippen molar-refractivity contribution in [1.29, 1.82) is 0 Å². The Balaban J connectivity index is 0.00000427. The summed E-state index contributed by atoms with van der Waals surface area (Å²) < 4.78 is 10.7. The monoisotopic (exact) mass is 895 g/mol. The fraction of sp³-hybridized carbons (Fsp3) is 0.106. The Bertz CT molecular complexity index is 2860. The van der Waals surface area contributed by atoms with Crippen molar-refractivity contribution < 1.29 is 25.8 Å². The third-order valence-electron chi connectivity index (χ3n) is 10.3. The predicted molar refractivity (Wildman–Crippen MR) is 215 cm³/mol. The average molecular weight is 896 g/mol. The topological polar surface area (TPSA) is 70.7 Å². The molecule has 0 aliphatic heterocycles. The quantitative estimate of drug-likeness (QED) is 0.149. The maximum Gasteiger partial charge on any atom is 2.00 e. The van der Waals surface area contributed by atoms with E-state index >= 15 is 0 Å². The normalized spacial score (nSPS) is 11.2. The summed E-state index contributed by atoms with van der Waals surface area (Å²) in [5, 5.41) is 7.57. The first kappa shape index (κ1) is 35.8. The average Bonchev–Trinajstić information content (AvgIpc) is 3.74. The molecule has 5 heterocycles. The first-order valence-corrected chi connectivity index (χ1v) is 18.0. The van der Waals surface area contributed by atoms with E-state index in [0.29, 0.717) is 11.5 Å². The van der Waals surface area contributed by atoms with E-state index in [1.807, 2.05) is 90.3 Å². The summed E-state index contributed by atoms with van der Waals surface area (Å²) in [4.78, 5) is 13.4. The molecular weight excluding hydrogens is 860 g/mol. The van der Waals surface area contributed by atoms with Gasteiger partial charge in [-0.3, -0.25) is 14.6 Å². The minimum absolute atomic E-state index is 0. The van der Waals surface area contributed by atoms with E-state index in [0.717, 1.165) is 72.5 Å². The number of rotatable bonds is 7. The maximum absolute atomic E-state index is 6.57. The molecule has 5 aromatic heterocycles. The van der Waals surface area contributed by atoms with Crippen molar-refractivity contribution in [2.75, 3.05) is 0 Å². The van der Waals surface area contributed by atoms with Crippen LogP contribution in [0.5, 0.6) is 11.5 Å². The molecule has 0 N–H and O–H groups in total. The van der Waals surface area contributed by atoms with Crippen LogP contribution in [-0.2, 0) is 21.1 Å². The van der Waals surface area contributed by atoms with Crippen LogP contribution in [-0.4, -0.2) is 29.3 Å². The Kier molecular flexibility index (Phi) is 9.50. The Morgan fingerprint density at radius 1 is 0.600 bits per heavy atom. The molecule has 4 aromatic carbocycles. The molecule has 0 amide bonds. The molecule has 0 saturated carbocycles. The molecule has 0 fully saturated rings. The molecule has 0 saturated heterocycles. The van der Waals surface area contributed by atoms with Gasteiger partial charge in [-0.15, -0.1) is 35.7 Å². The van der Waals surface area contributed by atoms with Crippen molar-refractivity contribution in [1.82, 2.24) is 29.3 Å². The van der Waals surface area contributed by atoms with Crippen LogP contribution in [0.2, 0.25) is 0 Å². The number of pyridine rings is 3.